The van der Waals surface area contributed by atoms with Crippen LogP contribution in [-0.2, 0) is 11.2 Å². The zero-order chi connectivity index (χ0) is 26.6. The minimum Gasteiger partial charge on any atom is -0.478 e. The molecule has 9 heteroatoms. The summed E-state index contributed by atoms with van der Waals surface area (Å²) >= 11 is 0. The van der Waals surface area contributed by atoms with E-state index in [2.05, 4.69) is 9.88 Å². The average molecular weight is 513 g/mol. The normalized spacial score (nSPS) is 17.6. The fourth-order valence-electron chi connectivity index (χ4n) is 5.16. The second-order valence-corrected chi connectivity index (χ2v) is 11.1. The van der Waals surface area contributed by atoms with Gasteiger partial charge < -0.3 is 19.6 Å². The molecule has 2 aliphatic heterocycles. The minimum absolute atomic E-state index is 0.0650. The van der Waals surface area contributed by atoms with Crippen LogP contribution in [0.5, 0.6) is 0 Å². The van der Waals surface area contributed by atoms with Crippen LogP contribution in [0.15, 0.2) is 30.5 Å². The summed E-state index contributed by atoms with van der Waals surface area (Å²) in [6, 6.07) is 6.94. The zero-order valence-electron chi connectivity index (χ0n) is 22.0. The van der Waals surface area contributed by atoms with Crippen molar-refractivity contribution >= 4 is 18.0 Å². The lowest BCUT2D eigenvalue weighted by molar-refractivity contribution is 0.0203. The topological polar surface area (TPSA) is 95.9 Å². The molecular weight excluding hydrogens is 475 g/mol. The van der Waals surface area contributed by atoms with Crippen LogP contribution in [-0.4, -0.2) is 63.8 Å². The Kier molecular flexibility index (Phi) is 8.29. The van der Waals surface area contributed by atoms with E-state index in [0.717, 1.165) is 44.3 Å². The van der Waals surface area contributed by atoms with Gasteiger partial charge in [-0.15, -0.1) is 0 Å². The summed E-state index contributed by atoms with van der Waals surface area (Å²) in [6.07, 6.45) is 5.91. The first-order valence-corrected chi connectivity index (χ1v) is 13.2. The van der Waals surface area contributed by atoms with Crippen LogP contribution in [0.4, 0.5) is 15.1 Å². The fourth-order valence-corrected chi connectivity index (χ4v) is 5.16. The second-order valence-electron chi connectivity index (χ2n) is 11.1. The van der Waals surface area contributed by atoms with Crippen LogP contribution in [0.2, 0.25) is 0 Å². The van der Waals surface area contributed by atoms with E-state index in [1.807, 2.05) is 32.9 Å². The SMILES string of the molecule is CC(C)(C)OC(=O)N1CCC(c2nc(N3CCC(CCc4ccccc4F)CC3)ncc2C(=O)O)CC1. The number of aromatic nitrogens is 2. The predicted molar refractivity (Wildman–Crippen MR) is 138 cm³/mol. The number of piperidine rings is 2. The number of anilines is 1. The van der Waals surface area contributed by atoms with E-state index in [1.165, 1.54) is 12.3 Å². The first-order valence-electron chi connectivity index (χ1n) is 13.2. The largest absolute Gasteiger partial charge is 0.478 e. The Morgan fingerprint density at radius 2 is 1.76 bits per heavy atom. The van der Waals surface area contributed by atoms with E-state index in [4.69, 9.17) is 9.72 Å². The maximum atomic E-state index is 13.9. The van der Waals surface area contributed by atoms with Crippen LogP contribution >= 0.6 is 0 Å². The maximum Gasteiger partial charge on any atom is 0.410 e. The van der Waals surface area contributed by atoms with Gasteiger partial charge in [0.1, 0.15) is 11.4 Å². The van der Waals surface area contributed by atoms with E-state index in [0.29, 0.717) is 43.5 Å². The number of benzene rings is 1. The van der Waals surface area contributed by atoms with E-state index in [1.54, 1.807) is 11.0 Å². The van der Waals surface area contributed by atoms with E-state index in [-0.39, 0.29) is 23.4 Å². The van der Waals surface area contributed by atoms with Crippen molar-refractivity contribution in [1.29, 1.82) is 0 Å². The van der Waals surface area contributed by atoms with Gasteiger partial charge in [-0.3, -0.25) is 0 Å². The number of aromatic carboxylic acids is 1. The Balaban J connectivity index is 1.37. The summed E-state index contributed by atoms with van der Waals surface area (Å²) in [5.74, 6) is -0.183. The molecule has 4 rings (SSSR count). The number of aryl methyl sites for hydroxylation is 1. The van der Waals surface area contributed by atoms with Crippen molar-refractivity contribution < 1.29 is 23.8 Å². The summed E-state index contributed by atoms with van der Waals surface area (Å²) in [6.45, 7) is 8.06. The minimum atomic E-state index is -1.04. The zero-order valence-corrected chi connectivity index (χ0v) is 22.0. The maximum absolute atomic E-state index is 13.9. The predicted octanol–water partition coefficient (Wildman–Crippen LogP) is 5.28. The number of halogens is 1. The highest BCUT2D eigenvalue weighted by atomic mass is 19.1. The quantitative estimate of drug-likeness (QED) is 0.563. The number of carbonyl (C=O) groups excluding carboxylic acids is 1. The molecule has 0 radical (unpaired) electrons. The lowest BCUT2D eigenvalue weighted by Crippen LogP contribution is -2.41. The van der Waals surface area contributed by atoms with Gasteiger partial charge in [0.15, 0.2) is 0 Å². The second kappa shape index (κ2) is 11.4. The van der Waals surface area contributed by atoms with Gasteiger partial charge >= 0.3 is 12.1 Å². The number of ether oxygens (including phenoxy) is 1. The molecule has 200 valence electrons. The summed E-state index contributed by atoms with van der Waals surface area (Å²) in [4.78, 5) is 37.3. The van der Waals surface area contributed by atoms with Crippen molar-refractivity contribution in [3.8, 4) is 0 Å². The van der Waals surface area contributed by atoms with Gasteiger partial charge in [-0.25, -0.2) is 23.9 Å². The van der Waals surface area contributed by atoms with Crippen LogP contribution in [0.25, 0.3) is 0 Å². The first kappa shape index (κ1) is 26.8. The number of likely N-dealkylation sites (tertiary alicyclic amines) is 1. The van der Waals surface area contributed by atoms with Crippen molar-refractivity contribution in [3.63, 3.8) is 0 Å². The standard InChI is InChI=1S/C28H37FN4O4/c1-28(2,3)37-27(36)33-16-12-21(13-17-33)24-22(25(34)35)18-30-26(31-24)32-14-10-19(11-15-32)8-9-20-6-4-5-7-23(20)29/h4-7,18-19,21H,8-17H2,1-3H3,(H,34,35). The molecule has 2 saturated heterocycles. The van der Waals surface area contributed by atoms with Gasteiger partial charge in [0.25, 0.3) is 0 Å². The molecule has 2 fully saturated rings. The number of hydrogen-bond donors (Lipinski definition) is 1. The summed E-state index contributed by atoms with van der Waals surface area (Å²) in [7, 11) is 0. The van der Waals surface area contributed by atoms with E-state index >= 15 is 0 Å². The molecule has 37 heavy (non-hydrogen) atoms. The molecule has 1 amide bonds. The van der Waals surface area contributed by atoms with Crippen LogP contribution in [0.3, 0.4) is 0 Å². The lowest BCUT2D eigenvalue weighted by Gasteiger charge is -2.34. The third-order valence-corrected chi connectivity index (χ3v) is 7.25. The molecule has 2 aliphatic rings. The molecule has 1 aromatic heterocycles. The summed E-state index contributed by atoms with van der Waals surface area (Å²) in [5, 5.41) is 9.77. The molecule has 0 spiro atoms. The Labute approximate surface area is 217 Å². The van der Waals surface area contributed by atoms with Gasteiger partial charge in [-0.2, -0.15) is 0 Å². The van der Waals surface area contributed by atoms with Gasteiger partial charge in [0.05, 0.1) is 11.3 Å². The molecule has 0 atom stereocenters. The highest BCUT2D eigenvalue weighted by molar-refractivity contribution is 5.88. The molecule has 0 bridgehead atoms. The number of nitrogens with zero attached hydrogens (tertiary/aromatic N) is 4. The van der Waals surface area contributed by atoms with Crippen LogP contribution in [0.1, 0.15) is 80.4 Å². The molecular formula is C28H37FN4O4. The number of rotatable bonds is 6. The summed E-state index contributed by atoms with van der Waals surface area (Å²) < 4.78 is 19.4. The van der Waals surface area contributed by atoms with Crippen molar-refractivity contribution in [1.82, 2.24) is 14.9 Å². The van der Waals surface area contributed by atoms with Crippen molar-refractivity contribution in [2.45, 2.75) is 70.8 Å². The van der Waals surface area contributed by atoms with Crippen LogP contribution < -0.4 is 4.90 Å². The third-order valence-electron chi connectivity index (χ3n) is 7.25. The molecule has 2 aromatic rings. The number of hydrogen-bond acceptors (Lipinski definition) is 6. The van der Waals surface area contributed by atoms with Gasteiger partial charge in [-0.05, 0) is 76.8 Å². The van der Waals surface area contributed by atoms with Crippen LogP contribution in [0, 0.1) is 11.7 Å². The lowest BCUT2D eigenvalue weighted by atomic mass is 9.90. The first-order chi connectivity index (χ1) is 17.6. The fraction of sp³-hybridized carbons (Fsp3) is 0.571. The van der Waals surface area contributed by atoms with Gasteiger partial charge in [-0.1, -0.05) is 18.2 Å². The molecule has 0 unspecified atom stereocenters. The van der Waals surface area contributed by atoms with Crippen molar-refractivity contribution in [3.05, 3.63) is 53.1 Å². The molecule has 0 aliphatic carbocycles. The Morgan fingerprint density at radius 3 is 2.38 bits per heavy atom. The van der Waals surface area contributed by atoms with E-state index in [9.17, 15) is 19.1 Å². The Morgan fingerprint density at radius 1 is 1.08 bits per heavy atom. The number of carboxylic acid groups (broad SMARTS) is 1. The molecule has 0 saturated carbocycles. The monoisotopic (exact) mass is 512 g/mol. The highest BCUT2D eigenvalue weighted by Gasteiger charge is 2.31. The highest BCUT2D eigenvalue weighted by Crippen LogP contribution is 2.32. The third kappa shape index (κ3) is 6.96. The smallest absolute Gasteiger partial charge is 0.410 e. The molecule has 3 heterocycles. The molecule has 8 nitrogen and oxygen atoms in total. The Bertz CT molecular complexity index is 1100. The van der Waals surface area contributed by atoms with Crippen molar-refractivity contribution in [2.75, 3.05) is 31.1 Å². The van der Waals surface area contributed by atoms with Crippen molar-refractivity contribution in [2.24, 2.45) is 5.92 Å². The molecule has 1 N–H and O–H groups in total. The van der Waals surface area contributed by atoms with Gasteiger partial charge in [0, 0.05) is 38.3 Å². The van der Waals surface area contributed by atoms with Gasteiger partial charge in [0.2, 0.25) is 5.95 Å². The average Bonchev–Trinajstić information content (AvgIpc) is 2.87. The Hall–Kier alpha value is -3.23. The van der Waals surface area contributed by atoms with E-state index < -0.39 is 11.6 Å². The summed E-state index contributed by atoms with van der Waals surface area (Å²) in [5.41, 5.74) is 0.874. The molecule has 1 aromatic carbocycles. The number of amides is 1. The number of carboxylic acids is 1. The number of carbonyl (C=O) groups is 2.